The molecule has 0 saturated heterocycles. The number of hydrogen-bond donors (Lipinski definition) is 2. The van der Waals surface area contributed by atoms with Crippen LogP contribution in [0.2, 0.25) is 0 Å². The molecule has 1 aromatic carbocycles. The molecule has 0 heterocycles. The number of anilines is 1. The van der Waals surface area contributed by atoms with Gasteiger partial charge in [-0.15, -0.1) is 0 Å². The molecule has 0 saturated carbocycles. The van der Waals surface area contributed by atoms with E-state index in [2.05, 4.69) is 26.6 Å². The van der Waals surface area contributed by atoms with E-state index in [-0.39, 0.29) is 28.7 Å². The first-order chi connectivity index (χ1) is 9.74. The zero-order valence-electron chi connectivity index (χ0n) is 11.9. The molecule has 0 spiro atoms. The van der Waals surface area contributed by atoms with Crippen LogP contribution in [0.15, 0.2) is 22.7 Å². The van der Waals surface area contributed by atoms with Crippen LogP contribution in [0.4, 0.5) is 18.9 Å². The fourth-order valence-corrected chi connectivity index (χ4v) is 2.34. The number of hydrogen-bond acceptors (Lipinski definition) is 2. The van der Waals surface area contributed by atoms with E-state index in [1.807, 2.05) is 13.8 Å². The highest BCUT2D eigenvalue weighted by Gasteiger charge is 2.33. The minimum atomic E-state index is -4.44. The third-order valence-corrected chi connectivity index (χ3v) is 3.55. The van der Waals surface area contributed by atoms with Gasteiger partial charge in [0.2, 0.25) is 5.91 Å². The van der Waals surface area contributed by atoms with E-state index in [9.17, 15) is 18.0 Å². The second kappa shape index (κ2) is 7.68. The Hall–Kier alpha value is -1.24. The van der Waals surface area contributed by atoms with Crippen molar-refractivity contribution in [3.8, 4) is 0 Å². The van der Waals surface area contributed by atoms with E-state index < -0.39 is 11.7 Å². The number of benzene rings is 1. The summed E-state index contributed by atoms with van der Waals surface area (Å²) in [6.07, 6.45) is -2.62. The first-order valence-corrected chi connectivity index (χ1v) is 7.43. The van der Waals surface area contributed by atoms with Crippen LogP contribution in [0, 0.1) is 0 Å². The van der Waals surface area contributed by atoms with Crippen molar-refractivity contribution in [2.75, 3.05) is 11.9 Å². The first-order valence-electron chi connectivity index (χ1n) is 6.64. The van der Waals surface area contributed by atoms with Crippen LogP contribution in [0.25, 0.3) is 0 Å². The predicted octanol–water partition coefficient (Wildman–Crippen LogP) is 4.18. The van der Waals surface area contributed by atoms with Gasteiger partial charge in [-0.2, -0.15) is 13.2 Å². The van der Waals surface area contributed by atoms with Crippen LogP contribution in [-0.4, -0.2) is 18.5 Å². The molecule has 1 unspecified atom stereocenters. The molecule has 118 valence electrons. The quantitative estimate of drug-likeness (QED) is 0.792. The van der Waals surface area contributed by atoms with E-state index in [4.69, 9.17) is 0 Å². The average Bonchev–Trinajstić information content (AvgIpc) is 2.36. The molecule has 0 bridgehead atoms. The van der Waals surface area contributed by atoms with Crippen molar-refractivity contribution < 1.29 is 18.0 Å². The summed E-state index contributed by atoms with van der Waals surface area (Å²) in [5.74, 6) is -0.243. The number of alkyl halides is 3. The van der Waals surface area contributed by atoms with Gasteiger partial charge in [0.1, 0.15) is 0 Å². The molecular formula is C14H18BrF3N2O. The molecule has 0 aromatic heterocycles. The minimum Gasteiger partial charge on any atom is -0.376 e. The highest BCUT2D eigenvalue weighted by Crippen LogP contribution is 2.36. The van der Waals surface area contributed by atoms with Crippen LogP contribution in [0.5, 0.6) is 0 Å². The number of amides is 1. The summed E-state index contributed by atoms with van der Waals surface area (Å²) in [6, 6.07) is 3.83. The molecule has 21 heavy (non-hydrogen) atoms. The Kier molecular flexibility index (Phi) is 6.51. The van der Waals surface area contributed by atoms with Crippen molar-refractivity contribution in [3.05, 3.63) is 28.2 Å². The highest BCUT2D eigenvalue weighted by atomic mass is 79.9. The van der Waals surface area contributed by atoms with Crippen molar-refractivity contribution in [1.29, 1.82) is 0 Å². The van der Waals surface area contributed by atoms with Crippen molar-refractivity contribution in [2.45, 2.75) is 38.9 Å². The van der Waals surface area contributed by atoms with Gasteiger partial charge in [-0.3, -0.25) is 4.79 Å². The lowest BCUT2D eigenvalue weighted by Crippen LogP contribution is -2.36. The maximum atomic E-state index is 12.7. The van der Waals surface area contributed by atoms with E-state index in [0.29, 0.717) is 0 Å². The zero-order valence-corrected chi connectivity index (χ0v) is 13.4. The van der Waals surface area contributed by atoms with Crippen molar-refractivity contribution in [2.24, 2.45) is 0 Å². The standard InChI is InChI=1S/C14H18BrF3N2O/c1-3-4-9(2)20-13(21)8-19-10-5-6-12(15)11(7-10)14(16,17)18/h5-7,9,19H,3-4,8H2,1-2H3,(H,20,21). The van der Waals surface area contributed by atoms with Crippen LogP contribution in [-0.2, 0) is 11.0 Å². The SMILES string of the molecule is CCCC(C)NC(=O)CNc1ccc(Br)c(C(F)(F)F)c1. The van der Waals surface area contributed by atoms with Crippen LogP contribution in [0.3, 0.4) is 0 Å². The second-order valence-electron chi connectivity index (χ2n) is 4.80. The van der Waals surface area contributed by atoms with Gasteiger partial charge in [0.25, 0.3) is 0 Å². The zero-order chi connectivity index (χ0) is 16.0. The number of carbonyl (C=O) groups excluding carboxylic acids is 1. The molecule has 0 aliphatic rings. The summed E-state index contributed by atoms with van der Waals surface area (Å²) >= 11 is 2.87. The first kappa shape index (κ1) is 17.8. The van der Waals surface area contributed by atoms with Gasteiger partial charge in [0.05, 0.1) is 12.1 Å². The van der Waals surface area contributed by atoms with Gasteiger partial charge >= 0.3 is 6.18 Å². The van der Waals surface area contributed by atoms with Gasteiger partial charge < -0.3 is 10.6 Å². The lowest BCUT2D eigenvalue weighted by Gasteiger charge is -2.15. The summed E-state index contributed by atoms with van der Waals surface area (Å²) in [4.78, 5) is 11.6. The molecule has 0 aliphatic carbocycles. The number of carbonyl (C=O) groups is 1. The maximum Gasteiger partial charge on any atom is 0.417 e. The molecule has 0 radical (unpaired) electrons. The van der Waals surface area contributed by atoms with Gasteiger partial charge in [0, 0.05) is 16.2 Å². The Balaban J connectivity index is 2.62. The predicted molar refractivity (Wildman–Crippen MR) is 80.1 cm³/mol. The Morgan fingerprint density at radius 1 is 1.38 bits per heavy atom. The maximum absolute atomic E-state index is 12.7. The Labute approximate surface area is 130 Å². The molecule has 1 amide bonds. The van der Waals surface area contributed by atoms with Gasteiger partial charge in [-0.05, 0) is 31.5 Å². The van der Waals surface area contributed by atoms with E-state index in [0.717, 1.165) is 18.9 Å². The fraction of sp³-hybridized carbons (Fsp3) is 0.500. The molecule has 0 fully saturated rings. The molecular weight excluding hydrogens is 349 g/mol. The Morgan fingerprint density at radius 2 is 2.05 bits per heavy atom. The fourth-order valence-electron chi connectivity index (χ4n) is 1.87. The Bertz CT molecular complexity index is 492. The van der Waals surface area contributed by atoms with Crippen LogP contribution in [0.1, 0.15) is 32.3 Å². The lowest BCUT2D eigenvalue weighted by molar-refractivity contribution is -0.138. The minimum absolute atomic E-state index is 0.0263. The number of halogens is 4. The van der Waals surface area contributed by atoms with E-state index in [1.54, 1.807) is 0 Å². The summed E-state index contributed by atoms with van der Waals surface area (Å²) in [5.41, 5.74) is -0.518. The third kappa shape index (κ3) is 5.95. The summed E-state index contributed by atoms with van der Waals surface area (Å²) in [7, 11) is 0. The van der Waals surface area contributed by atoms with Crippen molar-refractivity contribution >= 4 is 27.5 Å². The average molecular weight is 367 g/mol. The molecule has 1 rings (SSSR count). The normalized spacial score (nSPS) is 12.9. The Morgan fingerprint density at radius 3 is 2.62 bits per heavy atom. The molecule has 3 nitrogen and oxygen atoms in total. The summed E-state index contributed by atoms with van der Waals surface area (Å²) < 4.78 is 38.2. The molecule has 1 atom stereocenters. The smallest absolute Gasteiger partial charge is 0.376 e. The summed E-state index contributed by atoms with van der Waals surface area (Å²) in [6.45, 7) is 3.84. The van der Waals surface area contributed by atoms with Crippen molar-refractivity contribution in [1.82, 2.24) is 5.32 Å². The van der Waals surface area contributed by atoms with Crippen molar-refractivity contribution in [3.63, 3.8) is 0 Å². The molecule has 2 N–H and O–H groups in total. The monoisotopic (exact) mass is 366 g/mol. The topological polar surface area (TPSA) is 41.1 Å². The van der Waals surface area contributed by atoms with Gasteiger partial charge in [-0.25, -0.2) is 0 Å². The highest BCUT2D eigenvalue weighted by molar-refractivity contribution is 9.10. The third-order valence-electron chi connectivity index (χ3n) is 2.85. The van der Waals surface area contributed by atoms with Gasteiger partial charge in [-0.1, -0.05) is 29.3 Å². The van der Waals surface area contributed by atoms with E-state index in [1.165, 1.54) is 12.1 Å². The molecule has 7 heteroatoms. The number of rotatable bonds is 6. The largest absolute Gasteiger partial charge is 0.417 e. The van der Waals surface area contributed by atoms with Gasteiger partial charge in [0.15, 0.2) is 0 Å². The molecule has 0 aliphatic heterocycles. The van der Waals surface area contributed by atoms with Crippen LogP contribution < -0.4 is 10.6 Å². The molecule has 1 aromatic rings. The number of nitrogens with one attached hydrogen (secondary N) is 2. The van der Waals surface area contributed by atoms with Crippen LogP contribution >= 0.6 is 15.9 Å². The second-order valence-corrected chi connectivity index (χ2v) is 5.66. The summed E-state index contributed by atoms with van der Waals surface area (Å²) in [5, 5.41) is 5.47. The lowest BCUT2D eigenvalue weighted by atomic mass is 10.2. The van der Waals surface area contributed by atoms with E-state index >= 15 is 0 Å².